The highest BCUT2D eigenvalue weighted by Crippen LogP contribution is 2.29. The lowest BCUT2D eigenvalue weighted by Crippen LogP contribution is -1.97. The van der Waals surface area contributed by atoms with Gasteiger partial charge in [-0.2, -0.15) is 5.10 Å². The second-order valence-electron chi connectivity index (χ2n) is 3.09. The van der Waals surface area contributed by atoms with Crippen molar-refractivity contribution in [2.75, 3.05) is 0 Å². The van der Waals surface area contributed by atoms with Gasteiger partial charge < -0.3 is 5.11 Å². The fraction of sp³-hybridized carbons (Fsp3) is 0. The molecule has 0 aliphatic rings. The number of carboxylic acid groups (broad SMARTS) is 1. The number of aromatic nitrogens is 2. The van der Waals surface area contributed by atoms with E-state index in [0.29, 0.717) is 10.0 Å². The number of benzene rings is 1. The predicted octanol–water partition coefficient (Wildman–Crippen LogP) is 2.68. The second-order valence-corrected chi connectivity index (χ2v) is 3.94. The number of aromatic amines is 1. The summed E-state index contributed by atoms with van der Waals surface area (Å²) < 4.78 is 13.7. The fourth-order valence-electron chi connectivity index (χ4n) is 1.34. The lowest BCUT2D eigenvalue weighted by molar-refractivity contribution is 0.0698. The van der Waals surface area contributed by atoms with Gasteiger partial charge in [0.05, 0.1) is 11.9 Å². The van der Waals surface area contributed by atoms with Crippen LogP contribution in [0.2, 0.25) is 0 Å². The average Bonchev–Trinajstić information content (AvgIpc) is 2.70. The highest BCUT2D eigenvalue weighted by Gasteiger charge is 2.16. The Balaban J connectivity index is 2.62. The Morgan fingerprint density at radius 2 is 2.25 bits per heavy atom. The second kappa shape index (κ2) is 4.05. The molecule has 0 saturated heterocycles. The minimum Gasteiger partial charge on any atom is -0.478 e. The molecular formula is C10H6BrFN2O2. The number of halogens is 2. The Morgan fingerprint density at radius 1 is 1.50 bits per heavy atom. The van der Waals surface area contributed by atoms with Gasteiger partial charge in [0.1, 0.15) is 11.4 Å². The Hall–Kier alpha value is -1.69. The first-order valence-electron chi connectivity index (χ1n) is 4.31. The zero-order valence-electron chi connectivity index (χ0n) is 7.87. The third-order valence-electron chi connectivity index (χ3n) is 2.07. The quantitative estimate of drug-likeness (QED) is 0.891. The van der Waals surface area contributed by atoms with Gasteiger partial charge in [-0.3, -0.25) is 5.10 Å². The number of H-pyrrole nitrogens is 1. The largest absolute Gasteiger partial charge is 0.478 e. The van der Waals surface area contributed by atoms with Crippen molar-refractivity contribution in [3.05, 3.63) is 40.2 Å². The number of carbonyl (C=O) groups is 1. The van der Waals surface area contributed by atoms with E-state index in [1.165, 1.54) is 24.4 Å². The lowest BCUT2D eigenvalue weighted by atomic mass is 10.1. The van der Waals surface area contributed by atoms with Crippen LogP contribution in [-0.2, 0) is 0 Å². The first-order chi connectivity index (χ1) is 7.59. The van der Waals surface area contributed by atoms with Crippen LogP contribution in [0.3, 0.4) is 0 Å². The SMILES string of the molecule is O=C(O)c1cn[nH]c1-c1cc(F)ccc1Br. The zero-order valence-corrected chi connectivity index (χ0v) is 9.45. The van der Waals surface area contributed by atoms with Crippen molar-refractivity contribution in [1.82, 2.24) is 10.2 Å². The molecule has 0 fully saturated rings. The van der Waals surface area contributed by atoms with Crippen molar-refractivity contribution in [3.63, 3.8) is 0 Å². The summed E-state index contributed by atoms with van der Waals surface area (Å²) in [5.74, 6) is -1.55. The molecule has 0 unspecified atom stereocenters. The standard InChI is InChI=1S/C10H6BrFN2O2/c11-8-2-1-5(12)3-6(8)9-7(10(15)16)4-13-14-9/h1-4H,(H,13,14)(H,15,16). The Morgan fingerprint density at radius 3 is 2.94 bits per heavy atom. The minimum atomic E-state index is -1.11. The molecule has 0 aliphatic heterocycles. The van der Waals surface area contributed by atoms with Gasteiger partial charge in [0.15, 0.2) is 0 Å². The number of hydrogen-bond donors (Lipinski definition) is 2. The topological polar surface area (TPSA) is 66.0 Å². The molecule has 1 aromatic heterocycles. The molecule has 0 bridgehead atoms. The number of carboxylic acids is 1. The van der Waals surface area contributed by atoms with E-state index in [9.17, 15) is 9.18 Å². The fourth-order valence-corrected chi connectivity index (χ4v) is 1.79. The van der Waals surface area contributed by atoms with E-state index in [1.54, 1.807) is 0 Å². The first-order valence-corrected chi connectivity index (χ1v) is 5.11. The highest BCUT2D eigenvalue weighted by molar-refractivity contribution is 9.10. The van der Waals surface area contributed by atoms with Crippen LogP contribution in [0.25, 0.3) is 11.3 Å². The molecule has 0 amide bonds. The van der Waals surface area contributed by atoms with Crippen molar-refractivity contribution in [2.45, 2.75) is 0 Å². The number of aromatic carboxylic acids is 1. The Labute approximate surface area is 98.2 Å². The summed E-state index contributed by atoms with van der Waals surface area (Å²) in [7, 11) is 0. The van der Waals surface area contributed by atoms with E-state index in [2.05, 4.69) is 26.1 Å². The molecule has 4 nitrogen and oxygen atoms in total. The summed E-state index contributed by atoms with van der Waals surface area (Å²) in [6.07, 6.45) is 1.19. The lowest BCUT2D eigenvalue weighted by Gasteiger charge is -2.03. The summed E-state index contributed by atoms with van der Waals surface area (Å²) in [4.78, 5) is 10.9. The number of rotatable bonds is 2. The van der Waals surface area contributed by atoms with E-state index in [0.717, 1.165) is 0 Å². The molecule has 16 heavy (non-hydrogen) atoms. The number of nitrogens with one attached hydrogen (secondary N) is 1. The average molecular weight is 285 g/mol. The van der Waals surface area contributed by atoms with Gasteiger partial charge in [-0.25, -0.2) is 9.18 Å². The van der Waals surface area contributed by atoms with Crippen molar-refractivity contribution in [3.8, 4) is 11.3 Å². The van der Waals surface area contributed by atoms with Crippen LogP contribution in [0.4, 0.5) is 4.39 Å². The molecule has 0 saturated carbocycles. The van der Waals surface area contributed by atoms with Crippen LogP contribution < -0.4 is 0 Å². The van der Waals surface area contributed by atoms with Gasteiger partial charge in [-0.15, -0.1) is 0 Å². The van der Waals surface area contributed by atoms with Gasteiger partial charge in [0, 0.05) is 10.0 Å². The van der Waals surface area contributed by atoms with E-state index < -0.39 is 11.8 Å². The third-order valence-corrected chi connectivity index (χ3v) is 2.76. The summed E-state index contributed by atoms with van der Waals surface area (Å²) in [6.45, 7) is 0. The Kier molecular flexibility index (Phi) is 2.74. The molecule has 2 aromatic rings. The maximum absolute atomic E-state index is 13.1. The maximum Gasteiger partial charge on any atom is 0.339 e. The van der Waals surface area contributed by atoms with Gasteiger partial charge in [-0.1, -0.05) is 15.9 Å². The molecule has 1 heterocycles. The highest BCUT2D eigenvalue weighted by atomic mass is 79.9. The molecule has 0 radical (unpaired) electrons. The zero-order chi connectivity index (χ0) is 11.7. The molecule has 82 valence electrons. The minimum absolute atomic E-state index is 0.00583. The summed E-state index contributed by atoms with van der Waals surface area (Å²) in [5, 5.41) is 15.1. The van der Waals surface area contributed by atoms with Crippen LogP contribution in [0.5, 0.6) is 0 Å². The first kappa shape index (κ1) is 10.8. The number of hydrogen-bond acceptors (Lipinski definition) is 2. The van der Waals surface area contributed by atoms with E-state index in [-0.39, 0.29) is 11.3 Å². The van der Waals surface area contributed by atoms with Gasteiger partial charge in [0.2, 0.25) is 0 Å². The molecule has 2 N–H and O–H groups in total. The van der Waals surface area contributed by atoms with Gasteiger partial charge in [-0.05, 0) is 18.2 Å². The predicted molar refractivity (Wildman–Crippen MR) is 58.6 cm³/mol. The van der Waals surface area contributed by atoms with Gasteiger partial charge in [0.25, 0.3) is 0 Å². The molecule has 6 heteroatoms. The van der Waals surface area contributed by atoms with Crippen molar-refractivity contribution in [1.29, 1.82) is 0 Å². The maximum atomic E-state index is 13.1. The molecule has 1 aromatic carbocycles. The van der Waals surface area contributed by atoms with Crippen molar-refractivity contribution in [2.24, 2.45) is 0 Å². The van der Waals surface area contributed by atoms with Crippen molar-refractivity contribution >= 4 is 21.9 Å². The summed E-state index contributed by atoms with van der Waals surface area (Å²) in [5.41, 5.74) is 0.708. The molecule has 2 rings (SSSR count). The van der Waals surface area contributed by atoms with Crippen LogP contribution in [0, 0.1) is 5.82 Å². The van der Waals surface area contributed by atoms with E-state index >= 15 is 0 Å². The van der Waals surface area contributed by atoms with Crippen LogP contribution >= 0.6 is 15.9 Å². The van der Waals surface area contributed by atoms with Crippen molar-refractivity contribution < 1.29 is 14.3 Å². The monoisotopic (exact) mass is 284 g/mol. The van der Waals surface area contributed by atoms with Crippen LogP contribution in [0.15, 0.2) is 28.9 Å². The van der Waals surface area contributed by atoms with Crippen LogP contribution in [0.1, 0.15) is 10.4 Å². The third kappa shape index (κ3) is 1.83. The normalized spacial score (nSPS) is 10.4. The molecule has 0 atom stereocenters. The summed E-state index contributed by atoms with van der Waals surface area (Å²) in [6, 6.07) is 4.03. The van der Waals surface area contributed by atoms with Crippen LogP contribution in [-0.4, -0.2) is 21.3 Å². The van der Waals surface area contributed by atoms with E-state index in [4.69, 9.17) is 5.11 Å². The molecule has 0 spiro atoms. The Bertz CT molecular complexity index is 554. The smallest absolute Gasteiger partial charge is 0.339 e. The number of nitrogens with zero attached hydrogens (tertiary/aromatic N) is 1. The summed E-state index contributed by atoms with van der Waals surface area (Å²) >= 11 is 3.23. The molecule has 0 aliphatic carbocycles. The molecular weight excluding hydrogens is 279 g/mol. The van der Waals surface area contributed by atoms with E-state index in [1.807, 2.05) is 0 Å². The van der Waals surface area contributed by atoms with Gasteiger partial charge >= 0.3 is 5.97 Å².